The maximum Gasteiger partial charge on any atom is 0.191 e. The van der Waals surface area contributed by atoms with E-state index in [1.807, 2.05) is 35.8 Å². The third kappa shape index (κ3) is 2.94. The fourth-order valence-electron chi connectivity index (χ4n) is 4.35. The first-order valence-corrected chi connectivity index (χ1v) is 9.64. The minimum absolute atomic E-state index is 0.330. The van der Waals surface area contributed by atoms with E-state index >= 15 is 0 Å². The number of ether oxygens (including phenoxy) is 1. The van der Waals surface area contributed by atoms with Crippen LogP contribution in [-0.4, -0.2) is 52.9 Å². The first-order chi connectivity index (χ1) is 12.8. The fourth-order valence-corrected chi connectivity index (χ4v) is 4.35. The lowest BCUT2D eigenvalue weighted by molar-refractivity contribution is -0.168. The smallest absolute Gasteiger partial charge is 0.191 e. The van der Waals surface area contributed by atoms with E-state index in [-0.39, 0.29) is 0 Å². The van der Waals surface area contributed by atoms with Crippen molar-refractivity contribution in [3.63, 3.8) is 0 Å². The summed E-state index contributed by atoms with van der Waals surface area (Å²) in [4.78, 5) is 4.40. The highest BCUT2D eigenvalue weighted by Gasteiger charge is 2.59. The third-order valence-electron chi connectivity index (χ3n) is 6.00. The molecule has 2 N–H and O–H groups in total. The van der Waals surface area contributed by atoms with Crippen LogP contribution < -0.4 is 10.6 Å². The number of guanidine groups is 1. The number of pyridine rings is 1. The first kappa shape index (κ1) is 17.3. The number of aliphatic imine (C=N–C) groups is 1. The Bertz CT molecular complexity index is 781. The Morgan fingerprint density at radius 1 is 1.38 bits per heavy atom. The van der Waals surface area contributed by atoms with Crippen molar-refractivity contribution < 1.29 is 4.74 Å². The second-order valence-corrected chi connectivity index (χ2v) is 7.26. The van der Waals surface area contributed by atoms with Gasteiger partial charge >= 0.3 is 0 Å². The van der Waals surface area contributed by atoms with Crippen LogP contribution in [0.4, 0.5) is 0 Å². The molecule has 7 heteroatoms. The van der Waals surface area contributed by atoms with Crippen LogP contribution in [-0.2, 0) is 11.2 Å². The Morgan fingerprint density at radius 3 is 3.00 bits per heavy atom. The Labute approximate surface area is 154 Å². The maximum absolute atomic E-state index is 5.93. The molecule has 2 heterocycles. The van der Waals surface area contributed by atoms with E-state index in [0.29, 0.717) is 17.6 Å². The van der Waals surface area contributed by atoms with Crippen molar-refractivity contribution in [3.05, 3.63) is 30.2 Å². The largest absolute Gasteiger partial charge is 0.378 e. The van der Waals surface area contributed by atoms with Crippen molar-refractivity contribution >= 4 is 11.6 Å². The first-order valence-electron chi connectivity index (χ1n) is 9.64. The van der Waals surface area contributed by atoms with E-state index in [2.05, 4.69) is 32.7 Å². The van der Waals surface area contributed by atoms with E-state index in [0.717, 1.165) is 43.4 Å². The minimum Gasteiger partial charge on any atom is -0.378 e. The normalized spacial score (nSPS) is 24.3. The zero-order chi connectivity index (χ0) is 18.0. The summed E-state index contributed by atoms with van der Waals surface area (Å²) in [6.07, 6.45) is 8.12. The molecule has 0 saturated heterocycles. The second-order valence-electron chi connectivity index (χ2n) is 7.26. The number of aromatic nitrogens is 3. The number of fused-ring (bicyclic) bond motifs is 1. The summed E-state index contributed by atoms with van der Waals surface area (Å²) in [6, 6.07) is 6.40. The zero-order valence-electron chi connectivity index (χ0n) is 15.6. The quantitative estimate of drug-likeness (QED) is 0.610. The average Bonchev–Trinajstić information content (AvgIpc) is 3.01. The van der Waals surface area contributed by atoms with Crippen LogP contribution in [0, 0.1) is 5.41 Å². The van der Waals surface area contributed by atoms with Gasteiger partial charge in [0, 0.05) is 44.3 Å². The van der Waals surface area contributed by atoms with Gasteiger partial charge in [-0.2, -0.15) is 0 Å². The molecule has 0 radical (unpaired) electrons. The molecule has 0 amide bonds. The Kier molecular flexibility index (Phi) is 4.80. The van der Waals surface area contributed by atoms with Crippen LogP contribution in [0.15, 0.2) is 29.4 Å². The molecule has 2 atom stereocenters. The highest BCUT2D eigenvalue weighted by molar-refractivity contribution is 5.80. The second kappa shape index (κ2) is 7.23. The van der Waals surface area contributed by atoms with E-state index in [1.165, 1.54) is 19.3 Å². The molecule has 0 bridgehead atoms. The number of nitrogens with zero attached hydrogens (tertiary/aromatic N) is 4. The fraction of sp³-hybridized carbons (Fsp3) is 0.632. The molecule has 2 saturated carbocycles. The van der Waals surface area contributed by atoms with Gasteiger partial charge in [-0.25, -0.2) is 0 Å². The van der Waals surface area contributed by atoms with Gasteiger partial charge in [-0.1, -0.05) is 12.5 Å². The minimum atomic E-state index is 0.330. The number of rotatable bonds is 6. The molecule has 2 aromatic rings. The summed E-state index contributed by atoms with van der Waals surface area (Å²) >= 11 is 0. The molecule has 26 heavy (non-hydrogen) atoms. The predicted molar refractivity (Wildman–Crippen MR) is 101 cm³/mol. The van der Waals surface area contributed by atoms with Gasteiger partial charge in [0.15, 0.2) is 11.6 Å². The Morgan fingerprint density at radius 2 is 2.27 bits per heavy atom. The lowest BCUT2D eigenvalue weighted by Gasteiger charge is -2.61. The summed E-state index contributed by atoms with van der Waals surface area (Å²) in [7, 11) is 1.83. The standard InChI is InChI=1S/C19H28N6O/c1-3-26-15-13-14(19(15)9-6-10-19)22-18(20-2)21-11-8-17-24-23-16-7-4-5-12-25(16)17/h4-5,7,12,14-15H,3,6,8-11,13H2,1-2H3,(H2,20,21,22). The van der Waals surface area contributed by atoms with E-state index in [1.54, 1.807) is 0 Å². The number of nitrogens with one attached hydrogen (secondary N) is 2. The molecule has 4 rings (SSSR count). The van der Waals surface area contributed by atoms with Gasteiger partial charge in [-0.15, -0.1) is 10.2 Å². The Hall–Kier alpha value is -2.15. The summed E-state index contributed by atoms with van der Waals surface area (Å²) in [6.45, 7) is 3.66. The summed E-state index contributed by atoms with van der Waals surface area (Å²) in [5.74, 6) is 1.82. The molecule has 0 aliphatic heterocycles. The Balaban J connectivity index is 1.30. The number of hydrogen-bond donors (Lipinski definition) is 2. The van der Waals surface area contributed by atoms with Crippen molar-refractivity contribution in [2.24, 2.45) is 10.4 Å². The van der Waals surface area contributed by atoms with E-state index < -0.39 is 0 Å². The molecule has 1 spiro atoms. The molecule has 0 aromatic carbocycles. The van der Waals surface area contributed by atoms with Crippen molar-refractivity contribution in [2.75, 3.05) is 20.2 Å². The van der Waals surface area contributed by atoms with Gasteiger partial charge in [0.1, 0.15) is 5.82 Å². The van der Waals surface area contributed by atoms with Gasteiger partial charge in [0.25, 0.3) is 0 Å². The zero-order valence-corrected chi connectivity index (χ0v) is 15.6. The summed E-state index contributed by atoms with van der Waals surface area (Å²) in [5, 5.41) is 15.5. The van der Waals surface area contributed by atoms with E-state index in [4.69, 9.17) is 4.74 Å². The molecular weight excluding hydrogens is 328 g/mol. The maximum atomic E-state index is 5.93. The van der Waals surface area contributed by atoms with Crippen molar-refractivity contribution in [2.45, 2.75) is 51.2 Å². The van der Waals surface area contributed by atoms with Crippen LogP contribution >= 0.6 is 0 Å². The lowest BCUT2D eigenvalue weighted by Crippen LogP contribution is -2.68. The van der Waals surface area contributed by atoms with Crippen LogP contribution in [0.25, 0.3) is 5.65 Å². The van der Waals surface area contributed by atoms with Gasteiger partial charge in [-0.05, 0) is 38.3 Å². The van der Waals surface area contributed by atoms with Crippen LogP contribution in [0.1, 0.15) is 38.4 Å². The average molecular weight is 356 g/mol. The van der Waals surface area contributed by atoms with Crippen LogP contribution in [0.5, 0.6) is 0 Å². The molecule has 2 unspecified atom stereocenters. The molecule has 140 valence electrons. The molecule has 2 aliphatic rings. The SMILES string of the molecule is CCOC1CC(NC(=NC)NCCc2nnc3ccccn23)C12CCC2. The van der Waals surface area contributed by atoms with Crippen molar-refractivity contribution in [1.29, 1.82) is 0 Å². The highest BCUT2D eigenvalue weighted by Crippen LogP contribution is 2.57. The van der Waals surface area contributed by atoms with Gasteiger partial charge < -0.3 is 15.4 Å². The van der Waals surface area contributed by atoms with E-state index in [9.17, 15) is 0 Å². The van der Waals surface area contributed by atoms with Gasteiger partial charge in [-0.3, -0.25) is 9.39 Å². The predicted octanol–water partition coefficient (Wildman–Crippen LogP) is 1.78. The van der Waals surface area contributed by atoms with Crippen LogP contribution in [0.2, 0.25) is 0 Å². The topological polar surface area (TPSA) is 75.8 Å². The molecular formula is C19H28N6O. The summed E-state index contributed by atoms with van der Waals surface area (Å²) < 4.78 is 7.96. The highest BCUT2D eigenvalue weighted by atomic mass is 16.5. The van der Waals surface area contributed by atoms with Crippen molar-refractivity contribution in [1.82, 2.24) is 25.2 Å². The molecule has 2 aromatic heterocycles. The third-order valence-corrected chi connectivity index (χ3v) is 6.00. The monoisotopic (exact) mass is 356 g/mol. The molecule has 2 aliphatic carbocycles. The molecule has 2 fully saturated rings. The molecule has 7 nitrogen and oxygen atoms in total. The number of hydrogen-bond acceptors (Lipinski definition) is 4. The van der Waals surface area contributed by atoms with Crippen LogP contribution in [0.3, 0.4) is 0 Å². The van der Waals surface area contributed by atoms with Gasteiger partial charge in [0.2, 0.25) is 0 Å². The lowest BCUT2D eigenvalue weighted by atomic mass is 9.51. The van der Waals surface area contributed by atoms with Crippen molar-refractivity contribution in [3.8, 4) is 0 Å². The summed E-state index contributed by atoms with van der Waals surface area (Å²) in [5.41, 5.74) is 1.21. The van der Waals surface area contributed by atoms with Gasteiger partial charge in [0.05, 0.1) is 6.10 Å².